The number of imidazole rings is 1. The number of pyridine rings is 1. The highest BCUT2D eigenvalue weighted by Gasteiger charge is 2.12. The molecule has 21 heavy (non-hydrogen) atoms. The van der Waals surface area contributed by atoms with Crippen LogP contribution in [0.4, 0.5) is 0 Å². The van der Waals surface area contributed by atoms with Crippen LogP contribution in [0.3, 0.4) is 0 Å². The first-order valence-corrected chi connectivity index (χ1v) is 6.74. The second kappa shape index (κ2) is 4.56. The predicted molar refractivity (Wildman–Crippen MR) is 81.2 cm³/mol. The summed E-state index contributed by atoms with van der Waals surface area (Å²) in [6.45, 7) is 1.97. The summed E-state index contributed by atoms with van der Waals surface area (Å²) < 4.78 is 1.82. The quantitative estimate of drug-likeness (QED) is 0.611. The summed E-state index contributed by atoms with van der Waals surface area (Å²) in [6.07, 6.45) is 1.79. The van der Waals surface area contributed by atoms with Crippen LogP contribution in [0.25, 0.3) is 28.4 Å². The van der Waals surface area contributed by atoms with Gasteiger partial charge in [-0.2, -0.15) is 5.10 Å². The molecule has 0 unspecified atom stereocenters. The number of aromatic amines is 1. The Morgan fingerprint density at radius 1 is 0.952 bits per heavy atom. The molecular formula is C16H13N5. The van der Waals surface area contributed by atoms with Gasteiger partial charge >= 0.3 is 0 Å². The lowest BCUT2D eigenvalue weighted by atomic mass is 10.3. The highest BCUT2D eigenvalue weighted by atomic mass is 15.3. The molecule has 1 aromatic carbocycles. The number of hydrogen-bond acceptors (Lipinski definition) is 3. The fourth-order valence-corrected chi connectivity index (χ4v) is 2.35. The third-order valence-electron chi connectivity index (χ3n) is 3.35. The van der Waals surface area contributed by atoms with E-state index in [1.165, 1.54) is 0 Å². The van der Waals surface area contributed by atoms with Gasteiger partial charge in [-0.25, -0.2) is 14.6 Å². The SMILES string of the molecule is Cc1cccc(-c2nc3c(cnn3-c3ccccc3)[nH]2)n1. The van der Waals surface area contributed by atoms with Gasteiger partial charge in [0.15, 0.2) is 11.5 Å². The zero-order valence-corrected chi connectivity index (χ0v) is 11.5. The van der Waals surface area contributed by atoms with Crippen molar-refractivity contribution >= 4 is 11.2 Å². The zero-order valence-electron chi connectivity index (χ0n) is 11.5. The number of para-hydroxylation sites is 1. The van der Waals surface area contributed by atoms with E-state index in [4.69, 9.17) is 0 Å². The van der Waals surface area contributed by atoms with Crippen molar-refractivity contribution in [1.82, 2.24) is 24.7 Å². The Labute approximate surface area is 121 Å². The fourth-order valence-electron chi connectivity index (χ4n) is 2.35. The van der Waals surface area contributed by atoms with Crippen LogP contribution >= 0.6 is 0 Å². The monoisotopic (exact) mass is 275 g/mol. The van der Waals surface area contributed by atoms with E-state index in [-0.39, 0.29) is 0 Å². The molecule has 3 heterocycles. The van der Waals surface area contributed by atoms with Crippen molar-refractivity contribution in [2.24, 2.45) is 0 Å². The van der Waals surface area contributed by atoms with E-state index >= 15 is 0 Å². The van der Waals surface area contributed by atoms with E-state index in [1.807, 2.05) is 60.1 Å². The van der Waals surface area contributed by atoms with Crippen molar-refractivity contribution < 1.29 is 0 Å². The molecule has 102 valence electrons. The number of aryl methyl sites for hydroxylation is 1. The highest BCUT2D eigenvalue weighted by Crippen LogP contribution is 2.21. The normalized spacial score (nSPS) is 11.1. The number of benzene rings is 1. The third-order valence-corrected chi connectivity index (χ3v) is 3.35. The molecule has 0 aliphatic rings. The van der Waals surface area contributed by atoms with Gasteiger partial charge in [0.1, 0.15) is 11.2 Å². The number of rotatable bonds is 2. The maximum atomic E-state index is 4.64. The van der Waals surface area contributed by atoms with Crippen molar-refractivity contribution in [3.63, 3.8) is 0 Å². The Kier molecular flexibility index (Phi) is 2.57. The van der Waals surface area contributed by atoms with E-state index in [0.717, 1.165) is 34.1 Å². The molecule has 1 N–H and O–H groups in total. The van der Waals surface area contributed by atoms with E-state index < -0.39 is 0 Å². The standard InChI is InChI=1S/C16H13N5/c1-11-6-5-9-13(18-11)15-19-14-10-17-21(16(14)20-15)12-7-3-2-4-8-12/h2-10H,1H3,(H,19,20). The summed E-state index contributed by atoms with van der Waals surface area (Å²) in [5, 5.41) is 4.38. The summed E-state index contributed by atoms with van der Waals surface area (Å²) in [5.41, 5.74) is 4.50. The lowest BCUT2D eigenvalue weighted by Crippen LogP contribution is -1.96. The maximum Gasteiger partial charge on any atom is 0.181 e. The number of hydrogen-bond donors (Lipinski definition) is 1. The Hall–Kier alpha value is -2.95. The molecule has 0 saturated heterocycles. The summed E-state index contributed by atoms with van der Waals surface area (Å²) in [6, 6.07) is 15.9. The average Bonchev–Trinajstić information content (AvgIpc) is 3.08. The van der Waals surface area contributed by atoms with Crippen LogP contribution in [0.15, 0.2) is 54.7 Å². The van der Waals surface area contributed by atoms with Crippen molar-refractivity contribution in [2.45, 2.75) is 6.92 Å². The van der Waals surface area contributed by atoms with Gasteiger partial charge in [-0.05, 0) is 31.2 Å². The zero-order chi connectivity index (χ0) is 14.2. The van der Waals surface area contributed by atoms with Crippen molar-refractivity contribution in [1.29, 1.82) is 0 Å². The van der Waals surface area contributed by atoms with Crippen molar-refractivity contribution in [3.05, 3.63) is 60.4 Å². The topological polar surface area (TPSA) is 59.4 Å². The van der Waals surface area contributed by atoms with E-state index in [0.29, 0.717) is 0 Å². The first-order chi connectivity index (χ1) is 10.3. The molecule has 0 spiro atoms. The van der Waals surface area contributed by atoms with Crippen LogP contribution in [0.1, 0.15) is 5.69 Å². The van der Waals surface area contributed by atoms with Gasteiger partial charge in [0.05, 0.1) is 11.9 Å². The van der Waals surface area contributed by atoms with E-state index in [9.17, 15) is 0 Å². The molecule has 0 saturated carbocycles. The minimum absolute atomic E-state index is 0.760. The van der Waals surface area contributed by atoms with Gasteiger partial charge in [0, 0.05) is 5.69 Å². The summed E-state index contributed by atoms with van der Waals surface area (Å²) in [5.74, 6) is 0.760. The van der Waals surface area contributed by atoms with Gasteiger partial charge in [-0.15, -0.1) is 0 Å². The average molecular weight is 275 g/mol. The van der Waals surface area contributed by atoms with Gasteiger partial charge in [-0.3, -0.25) is 0 Å². The summed E-state index contributed by atoms with van der Waals surface area (Å²) >= 11 is 0. The molecule has 0 atom stereocenters. The van der Waals surface area contributed by atoms with Crippen LogP contribution in [-0.4, -0.2) is 24.7 Å². The van der Waals surface area contributed by atoms with Crippen molar-refractivity contribution in [3.8, 4) is 17.2 Å². The molecule has 5 heteroatoms. The number of nitrogens with one attached hydrogen (secondary N) is 1. The Morgan fingerprint density at radius 3 is 2.62 bits per heavy atom. The molecule has 0 amide bonds. The Balaban J connectivity index is 1.87. The Bertz CT molecular complexity index is 905. The molecular weight excluding hydrogens is 262 g/mol. The molecule has 3 aromatic heterocycles. The molecule has 0 aliphatic heterocycles. The van der Waals surface area contributed by atoms with Crippen LogP contribution in [0.5, 0.6) is 0 Å². The minimum atomic E-state index is 0.760. The second-order valence-electron chi connectivity index (χ2n) is 4.88. The van der Waals surface area contributed by atoms with Gasteiger partial charge in [0.25, 0.3) is 0 Å². The number of H-pyrrole nitrogens is 1. The molecule has 4 rings (SSSR count). The van der Waals surface area contributed by atoms with Gasteiger partial charge in [0.2, 0.25) is 0 Å². The second-order valence-corrected chi connectivity index (χ2v) is 4.88. The first-order valence-electron chi connectivity index (χ1n) is 6.74. The smallest absolute Gasteiger partial charge is 0.181 e. The number of aromatic nitrogens is 5. The van der Waals surface area contributed by atoms with E-state index in [1.54, 1.807) is 6.20 Å². The van der Waals surface area contributed by atoms with Crippen molar-refractivity contribution in [2.75, 3.05) is 0 Å². The third kappa shape index (κ3) is 1.99. The molecule has 0 radical (unpaired) electrons. The molecule has 5 nitrogen and oxygen atoms in total. The fraction of sp³-hybridized carbons (Fsp3) is 0.0625. The van der Waals surface area contributed by atoms with Crippen LogP contribution in [0.2, 0.25) is 0 Å². The summed E-state index contributed by atoms with van der Waals surface area (Å²) in [7, 11) is 0. The molecule has 0 aliphatic carbocycles. The molecule has 0 bridgehead atoms. The lowest BCUT2D eigenvalue weighted by Gasteiger charge is -2.00. The lowest BCUT2D eigenvalue weighted by molar-refractivity contribution is 0.896. The maximum absolute atomic E-state index is 4.64. The van der Waals surface area contributed by atoms with Crippen LogP contribution < -0.4 is 0 Å². The van der Waals surface area contributed by atoms with Crippen LogP contribution in [-0.2, 0) is 0 Å². The molecule has 0 fully saturated rings. The minimum Gasteiger partial charge on any atom is -0.334 e. The largest absolute Gasteiger partial charge is 0.334 e. The predicted octanol–water partition coefficient (Wildman–Crippen LogP) is 3.12. The highest BCUT2D eigenvalue weighted by molar-refractivity contribution is 5.76. The summed E-state index contributed by atoms with van der Waals surface area (Å²) in [4.78, 5) is 12.4. The molecule has 4 aromatic rings. The Morgan fingerprint density at radius 2 is 1.81 bits per heavy atom. The van der Waals surface area contributed by atoms with E-state index in [2.05, 4.69) is 20.1 Å². The first kappa shape index (κ1) is 11.8. The van der Waals surface area contributed by atoms with Gasteiger partial charge < -0.3 is 4.98 Å². The number of nitrogens with zero attached hydrogens (tertiary/aromatic N) is 4. The van der Waals surface area contributed by atoms with Crippen LogP contribution in [0, 0.1) is 6.92 Å². The number of fused-ring (bicyclic) bond motifs is 1. The van der Waals surface area contributed by atoms with Gasteiger partial charge in [-0.1, -0.05) is 24.3 Å².